The topological polar surface area (TPSA) is 48.5 Å². The van der Waals surface area contributed by atoms with Crippen LogP contribution in [-0.4, -0.2) is 58.5 Å². The zero-order valence-corrected chi connectivity index (χ0v) is 12.9. The average Bonchev–Trinajstić information content (AvgIpc) is 3.09. The molecule has 0 saturated carbocycles. The lowest BCUT2D eigenvalue weighted by molar-refractivity contribution is -0.132. The second kappa shape index (κ2) is 5.97. The lowest BCUT2D eigenvalue weighted by atomic mass is 10.0. The number of likely N-dealkylation sites (tertiary alicyclic amines) is 2. The zero-order valence-electron chi connectivity index (χ0n) is 12.9. The predicted octanol–water partition coefficient (Wildman–Crippen LogP) is 1.01. The van der Waals surface area contributed by atoms with Crippen molar-refractivity contribution in [2.24, 2.45) is 0 Å². The maximum Gasteiger partial charge on any atom is 0.224 e. The lowest BCUT2D eigenvalue weighted by Gasteiger charge is -2.39. The maximum atomic E-state index is 12.3. The average molecular weight is 300 g/mol. The van der Waals surface area contributed by atoms with E-state index in [2.05, 4.69) is 26.2 Å². The fraction of sp³-hybridized carbons (Fsp3) is 0.647. The molecule has 0 aromatic carbocycles. The number of carbonyl (C=O) groups is 1. The highest BCUT2D eigenvalue weighted by Gasteiger charge is 2.45. The number of carbonyl (C=O) groups excluding carboxylic acids is 1. The molecule has 1 aromatic rings. The van der Waals surface area contributed by atoms with E-state index in [9.17, 15) is 4.79 Å². The summed E-state index contributed by atoms with van der Waals surface area (Å²) in [4.78, 5) is 21.2. The van der Waals surface area contributed by atoms with Crippen LogP contribution in [0.3, 0.4) is 0 Å². The largest absolute Gasteiger partial charge is 0.335 e. The Hall–Kier alpha value is -1.46. The van der Waals surface area contributed by atoms with Crippen LogP contribution in [0.15, 0.2) is 24.5 Å². The molecule has 5 nitrogen and oxygen atoms in total. The summed E-state index contributed by atoms with van der Waals surface area (Å²) in [5.41, 5.74) is 1.28. The number of piperidine rings is 1. The number of hydrogen-bond acceptors (Lipinski definition) is 4. The maximum absolute atomic E-state index is 12.3. The third kappa shape index (κ3) is 2.63. The smallest absolute Gasteiger partial charge is 0.224 e. The van der Waals surface area contributed by atoms with Gasteiger partial charge in [-0.05, 0) is 37.4 Å². The van der Waals surface area contributed by atoms with Crippen LogP contribution in [0.4, 0.5) is 0 Å². The first-order valence-electron chi connectivity index (χ1n) is 8.47. The van der Waals surface area contributed by atoms with Gasteiger partial charge in [0.05, 0.1) is 0 Å². The highest BCUT2D eigenvalue weighted by Crippen LogP contribution is 2.31. The van der Waals surface area contributed by atoms with Crippen molar-refractivity contribution >= 4 is 5.91 Å². The van der Waals surface area contributed by atoms with Gasteiger partial charge in [-0.1, -0.05) is 6.07 Å². The fourth-order valence-electron chi connectivity index (χ4n) is 4.35. The zero-order chi connectivity index (χ0) is 14.9. The Balaban J connectivity index is 1.35. The highest BCUT2D eigenvalue weighted by molar-refractivity contribution is 5.80. The number of nitrogens with one attached hydrogen (secondary N) is 1. The molecule has 3 saturated heterocycles. The third-order valence-corrected chi connectivity index (χ3v) is 5.43. The van der Waals surface area contributed by atoms with E-state index in [1.807, 2.05) is 18.5 Å². The second-order valence-corrected chi connectivity index (χ2v) is 6.79. The highest BCUT2D eigenvalue weighted by atomic mass is 16.2. The second-order valence-electron chi connectivity index (χ2n) is 6.79. The fourth-order valence-corrected chi connectivity index (χ4v) is 4.35. The lowest BCUT2D eigenvalue weighted by Crippen LogP contribution is -2.49. The molecule has 1 N–H and O–H groups in total. The van der Waals surface area contributed by atoms with Gasteiger partial charge in [-0.2, -0.15) is 0 Å². The van der Waals surface area contributed by atoms with Crippen LogP contribution in [0, 0.1) is 0 Å². The van der Waals surface area contributed by atoms with Gasteiger partial charge in [0.1, 0.15) is 0 Å². The summed E-state index contributed by atoms with van der Waals surface area (Å²) in [7, 11) is 0. The number of hydrogen-bond donors (Lipinski definition) is 1. The first kappa shape index (κ1) is 14.2. The van der Waals surface area contributed by atoms with E-state index in [0.29, 0.717) is 30.5 Å². The summed E-state index contributed by atoms with van der Waals surface area (Å²) < 4.78 is 0. The molecule has 4 heterocycles. The van der Waals surface area contributed by atoms with E-state index in [4.69, 9.17) is 0 Å². The number of pyridine rings is 1. The van der Waals surface area contributed by atoms with Crippen LogP contribution < -0.4 is 5.32 Å². The van der Waals surface area contributed by atoms with E-state index in [1.165, 1.54) is 5.56 Å². The van der Waals surface area contributed by atoms with E-state index < -0.39 is 0 Å². The summed E-state index contributed by atoms with van der Waals surface area (Å²) in [6.45, 7) is 4.20. The quantitative estimate of drug-likeness (QED) is 0.905. The summed E-state index contributed by atoms with van der Waals surface area (Å²) in [6, 6.07) is 5.46. The van der Waals surface area contributed by atoms with Crippen LogP contribution in [0.25, 0.3) is 0 Å². The number of aromatic nitrogens is 1. The monoisotopic (exact) mass is 300 g/mol. The van der Waals surface area contributed by atoms with Crippen molar-refractivity contribution in [1.29, 1.82) is 0 Å². The third-order valence-electron chi connectivity index (χ3n) is 5.43. The number of nitrogens with zero attached hydrogens (tertiary/aromatic N) is 3. The van der Waals surface area contributed by atoms with Crippen LogP contribution in [-0.2, 0) is 11.3 Å². The molecular weight excluding hydrogens is 276 g/mol. The van der Waals surface area contributed by atoms with Gasteiger partial charge in [0.25, 0.3) is 0 Å². The van der Waals surface area contributed by atoms with Crippen molar-refractivity contribution in [3.63, 3.8) is 0 Å². The van der Waals surface area contributed by atoms with Gasteiger partial charge in [0.15, 0.2) is 0 Å². The molecule has 3 aliphatic heterocycles. The molecule has 2 atom stereocenters. The first-order valence-corrected chi connectivity index (χ1v) is 8.47. The molecular formula is C17H24N4O. The Morgan fingerprint density at radius 1 is 1.27 bits per heavy atom. The van der Waals surface area contributed by atoms with E-state index >= 15 is 0 Å². The molecule has 5 heteroatoms. The molecule has 3 aliphatic rings. The van der Waals surface area contributed by atoms with Crippen LogP contribution >= 0.6 is 0 Å². The minimum atomic E-state index is 0.368. The standard InChI is InChI=1S/C17H24N4O/c22-17-10-15-16(3-7-19-15)21(17)14-4-8-20(9-5-14)12-13-2-1-6-18-11-13/h1-2,6,11,14-16,19H,3-5,7-10,12H2/t15-,16-/m1/s1. The van der Waals surface area contributed by atoms with Crippen LogP contribution in [0.5, 0.6) is 0 Å². The Bertz CT molecular complexity index is 527. The number of rotatable bonds is 3. The molecule has 3 fully saturated rings. The Kier molecular flexibility index (Phi) is 3.84. The van der Waals surface area contributed by atoms with Gasteiger partial charge in [0, 0.05) is 56.6 Å². The van der Waals surface area contributed by atoms with Gasteiger partial charge in [-0.3, -0.25) is 14.7 Å². The molecule has 0 unspecified atom stereocenters. The van der Waals surface area contributed by atoms with Crippen LogP contribution in [0.1, 0.15) is 31.2 Å². The van der Waals surface area contributed by atoms with Crippen molar-refractivity contribution in [2.75, 3.05) is 19.6 Å². The minimum absolute atomic E-state index is 0.368. The molecule has 1 amide bonds. The van der Waals surface area contributed by atoms with Gasteiger partial charge in [-0.15, -0.1) is 0 Å². The Labute approximate surface area is 131 Å². The molecule has 0 radical (unpaired) electrons. The Morgan fingerprint density at radius 2 is 2.14 bits per heavy atom. The molecule has 0 spiro atoms. The molecule has 118 valence electrons. The van der Waals surface area contributed by atoms with Crippen molar-refractivity contribution < 1.29 is 4.79 Å². The van der Waals surface area contributed by atoms with Gasteiger partial charge >= 0.3 is 0 Å². The van der Waals surface area contributed by atoms with Crippen molar-refractivity contribution in [2.45, 2.75) is 50.4 Å². The van der Waals surface area contributed by atoms with Crippen molar-refractivity contribution in [1.82, 2.24) is 20.1 Å². The van der Waals surface area contributed by atoms with Gasteiger partial charge in [0.2, 0.25) is 5.91 Å². The summed E-state index contributed by atoms with van der Waals surface area (Å²) in [6.07, 6.45) is 7.82. The van der Waals surface area contributed by atoms with E-state index in [0.717, 1.165) is 45.4 Å². The summed E-state index contributed by atoms with van der Waals surface area (Å²) >= 11 is 0. The van der Waals surface area contributed by atoms with Crippen LogP contribution in [0.2, 0.25) is 0 Å². The molecule has 0 aliphatic carbocycles. The van der Waals surface area contributed by atoms with Crippen molar-refractivity contribution in [3.05, 3.63) is 30.1 Å². The van der Waals surface area contributed by atoms with Gasteiger partial charge in [-0.25, -0.2) is 0 Å². The Morgan fingerprint density at radius 3 is 2.91 bits per heavy atom. The van der Waals surface area contributed by atoms with Crippen molar-refractivity contribution in [3.8, 4) is 0 Å². The number of amides is 1. The molecule has 1 aromatic heterocycles. The predicted molar refractivity (Wildman–Crippen MR) is 84.2 cm³/mol. The summed E-state index contributed by atoms with van der Waals surface area (Å²) in [5, 5.41) is 3.48. The molecule has 4 rings (SSSR count). The minimum Gasteiger partial charge on any atom is -0.335 e. The molecule has 0 bridgehead atoms. The normalized spacial score (nSPS) is 30.0. The van der Waals surface area contributed by atoms with E-state index in [-0.39, 0.29) is 0 Å². The van der Waals surface area contributed by atoms with Gasteiger partial charge < -0.3 is 10.2 Å². The number of fused-ring (bicyclic) bond motifs is 1. The summed E-state index contributed by atoms with van der Waals surface area (Å²) in [5.74, 6) is 0.368. The molecule has 22 heavy (non-hydrogen) atoms. The first-order chi connectivity index (χ1) is 10.8. The SMILES string of the molecule is O=C1C[C@H]2NCC[C@H]2N1C1CCN(Cc2cccnc2)CC1. The van der Waals surface area contributed by atoms with E-state index in [1.54, 1.807) is 0 Å².